The number of furan rings is 1. The number of hydrogen-bond acceptors (Lipinski definition) is 5. The summed E-state index contributed by atoms with van der Waals surface area (Å²) in [6, 6.07) is 7.23. The fraction of sp³-hybridized carbons (Fsp3) is 0.391. The van der Waals surface area contributed by atoms with E-state index in [0.29, 0.717) is 28.2 Å². The quantitative estimate of drug-likeness (QED) is 0.651. The number of H-pyrrole nitrogens is 1. The van der Waals surface area contributed by atoms with Gasteiger partial charge in [0.1, 0.15) is 17.3 Å². The van der Waals surface area contributed by atoms with E-state index in [2.05, 4.69) is 4.98 Å². The van der Waals surface area contributed by atoms with E-state index in [4.69, 9.17) is 9.15 Å². The zero-order valence-electron chi connectivity index (χ0n) is 17.3. The molecule has 4 rings (SSSR count). The Bertz CT molecular complexity index is 1140. The van der Waals surface area contributed by atoms with Gasteiger partial charge in [0.05, 0.1) is 31.3 Å². The van der Waals surface area contributed by atoms with Crippen molar-refractivity contribution < 1.29 is 19.1 Å². The number of benzene rings is 1. The van der Waals surface area contributed by atoms with Crippen molar-refractivity contribution in [3.8, 4) is 5.75 Å². The number of pyridine rings is 1. The fourth-order valence-electron chi connectivity index (χ4n) is 4.19. The number of carbonyl (C=O) groups excluding carboxylic acids is 1. The van der Waals surface area contributed by atoms with Crippen LogP contribution >= 0.6 is 0 Å². The summed E-state index contributed by atoms with van der Waals surface area (Å²) in [4.78, 5) is 30.4. The van der Waals surface area contributed by atoms with E-state index < -0.39 is 0 Å². The summed E-state index contributed by atoms with van der Waals surface area (Å²) in [7, 11) is 1.57. The summed E-state index contributed by atoms with van der Waals surface area (Å²) in [5, 5.41) is 10.4. The Labute approximate surface area is 174 Å². The van der Waals surface area contributed by atoms with Crippen LogP contribution in [-0.4, -0.2) is 41.2 Å². The number of fused-ring (bicyclic) bond motifs is 2. The van der Waals surface area contributed by atoms with Crippen LogP contribution in [0.15, 0.2) is 33.5 Å². The summed E-state index contributed by atoms with van der Waals surface area (Å²) >= 11 is 0. The van der Waals surface area contributed by atoms with Gasteiger partial charge in [-0.1, -0.05) is 0 Å². The number of amides is 1. The molecule has 0 radical (unpaired) electrons. The van der Waals surface area contributed by atoms with Crippen LogP contribution in [0, 0.1) is 6.92 Å². The Hall–Kier alpha value is -3.06. The third kappa shape index (κ3) is 3.73. The molecule has 0 atom stereocenters. The Morgan fingerprint density at radius 1 is 1.27 bits per heavy atom. The Morgan fingerprint density at radius 2 is 2.07 bits per heavy atom. The average Bonchev–Trinajstić information content (AvgIpc) is 3.08. The van der Waals surface area contributed by atoms with Crippen molar-refractivity contribution >= 4 is 16.8 Å². The van der Waals surface area contributed by atoms with Gasteiger partial charge in [-0.05, 0) is 49.8 Å². The minimum absolute atomic E-state index is 0.107. The summed E-state index contributed by atoms with van der Waals surface area (Å²) in [6.07, 6.45) is 3.75. The second-order valence-electron chi connectivity index (χ2n) is 7.67. The molecule has 1 aliphatic carbocycles. The molecule has 1 amide bonds. The van der Waals surface area contributed by atoms with Crippen LogP contribution in [-0.2, 0) is 19.4 Å². The van der Waals surface area contributed by atoms with E-state index in [9.17, 15) is 14.7 Å². The monoisotopic (exact) mass is 410 g/mol. The predicted molar refractivity (Wildman–Crippen MR) is 113 cm³/mol. The first-order valence-electron chi connectivity index (χ1n) is 10.2. The molecule has 2 heterocycles. The molecule has 2 aromatic heterocycles. The first-order valence-corrected chi connectivity index (χ1v) is 10.2. The van der Waals surface area contributed by atoms with E-state index in [1.54, 1.807) is 26.2 Å². The molecule has 0 fully saturated rings. The number of ether oxygens (including phenoxy) is 1. The maximum Gasteiger partial charge on any atom is 0.258 e. The Kier molecular flexibility index (Phi) is 5.63. The lowest BCUT2D eigenvalue weighted by atomic mass is 9.94. The number of methoxy groups -OCH3 is 1. The van der Waals surface area contributed by atoms with Gasteiger partial charge in [-0.3, -0.25) is 9.59 Å². The maximum absolute atomic E-state index is 13.4. The van der Waals surface area contributed by atoms with Gasteiger partial charge >= 0.3 is 0 Å². The van der Waals surface area contributed by atoms with Gasteiger partial charge in [-0.2, -0.15) is 0 Å². The molecule has 2 N–H and O–H groups in total. The first-order chi connectivity index (χ1) is 14.5. The van der Waals surface area contributed by atoms with Crippen LogP contribution in [0.1, 0.15) is 45.8 Å². The first kappa shape index (κ1) is 20.2. The molecular weight excluding hydrogens is 384 g/mol. The van der Waals surface area contributed by atoms with Gasteiger partial charge < -0.3 is 24.1 Å². The lowest BCUT2D eigenvalue weighted by Gasteiger charge is -2.22. The van der Waals surface area contributed by atoms with Crippen molar-refractivity contribution in [1.29, 1.82) is 0 Å². The number of rotatable bonds is 6. The molecule has 3 aromatic rings. The standard InChI is InChI=1S/C23H26N2O5/c1-14-21(18-5-3-4-6-20(18)30-14)23(28)25(9-10-26)13-16-11-15-7-8-17(29-2)12-19(15)24-22(16)27/h7-8,11-12,26H,3-6,9-10,13H2,1-2H3,(H,24,27). The van der Waals surface area contributed by atoms with Crippen molar-refractivity contribution in [2.75, 3.05) is 20.3 Å². The maximum atomic E-state index is 13.4. The molecule has 0 unspecified atom stereocenters. The zero-order chi connectivity index (χ0) is 21.3. The molecular formula is C23H26N2O5. The van der Waals surface area contributed by atoms with E-state index in [0.717, 1.165) is 42.4 Å². The van der Waals surface area contributed by atoms with E-state index in [1.807, 2.05) is 12.1 Å². The molecule has 7 heteroatoms. The number of aryl methyl sites for hydroxylation is 2. The van der Waals surface area contributed by atoms with Crippen LogP contribution in [0.2, 0.25) is 0 Å². The van der Waals surface area contributed by atoms with Crippen LogP contribution in [0.3, 0.4) is 0 Å². The molecule has 30 heavy (non-hydrogen) atoms. The Balaban J connectivity index is 1.67. The Morgan fingerprint density at radius 3 is 2.83 bits per heavy atom. The molecule has 158 valence electrons. The lowest BCUT2D eigenvalue weighted by Crippen LogP contribution is -2.35. The molecule has 0 saturated carbocycles. The molecule has 0 spiro atoms. The summed E-state index contributed by atoms with van der Waals surface area (Å²) < 4.78 is 11.1. The van der Waals surface area contributed by atoms with Gasteiger partial charge in [-0.25, -0.2) is 0 Å². The molecule has 7 nitrogen and oxygen atoms in total. The van der Waals surface area contributed by atoms with Crippen LogP contribution < -0.4 is 10.3 Å². The van der Waals surface area contributed by atoms with E-state index >= 15 is 0 Å². The highest BCUT2D eigenvalue weighted by Crippen LogP contribution is 2.30. The van der Waals surface area contributed by atoms with Crippen molar-refractivity contribution in [3.63, 3.8) is 0 Å². The van der Waals surface area contributed by atoms with Gasteiger partial charge in [-0.15, -0.1) is 0 Å². The smallest absolute Gasteiger partial charge is 0.258 e. The van der Waals surface area contributed by atoms with E-state index in [-0.39, 0.29) is 31.2 Å². The number of hydrogen-bond donors (Lipinski definition) is 2. The molecule has 0 aliphatic heterocycles. The molecule has 0 saturated heterocycles. The average molecular weight is 410 g/mol. The highest BCUT2D eigenvalue weighted by atomic mass is 16.5. The van der Waals surface area contributed by atoms with Crippen molar-refractivity contribution in [2.24, 2.45) is 0 Å². The summed E-state index contributed by atoms with van der Waals surface area (Å²) in [5.74, 6) is 1.95. The third-order valence-electron chi connectivity index (χ3n) is 5.71. The minimum atomic E-state index is -0.266. The number of nitrogens with zero attached hydrogens (tertiary/aromatic N) is 1. The minimum Gasteiger partial charge on any atom is -0.497 e. The van der Waals surface area contributed by atoms with Gasteiger partial charge in [0.2, 0.25) is 0 Å². The fourth-order valence-corrected chi connectivity index (χ4v) is 4.19. The highest BCUT2D eigenvalue weighted by Gasteiger charge is 2.28. The van der Waals surface area contributed by atoms with Crippen LogP contribution in [0.5, 0.6) is 5.75 Å². The van der Waals surface area contributed by atoms with E-state index in [1.165, 1.54) is 4.90 Å². The second kappa shape index (κ2) is 8.36. The highest BCUT2D eigenvalue weighted by molar-refractivity contribution is 5.97. The zero-order valence-corrected chi connectivity index (χ0v) is 17.3. The number of aromatic nitrogens is 1. The van der Waals surface area contributed by atoms with Crippen LogP contribution in [0.4, 0.5) is 0 Å². The topological polar surface area (TPSA) is 95.8 Å². The number of aliphatic hydroxyl groups is 1. The second-order valence-corrected chi connectivity index (χ2v) is 7.67. The van der Waals surface area contributed by atoms with Gasteiger partial charge in [0.25, 0.3) is 11.5 Å². The van der Waals surface area contributed by atoms with Crippen molar-refractivity contribution in [1.82, 2.24) is 9.88 Å². The van der Waals surface area contributed by atoms with Gasteiger partial charge in [0.15, 0.2) is 0 Å². The lowest BCUT2D eigenvalue weighted by molar-refractivity contribution is 0.0704. The predicted octanol–water partition coefficient (Wildman–Crippen LogP) is 2.95. The molecule has 1 aromatic carbocycles. The SMILES string of the molecule is COc1ccc2cc(CN(CCO)C(=O)c3c(C)oc4c3CCCC4)c(=O)[nH]c2c1. The van der Waals surface area contributed by atoms with Crippen molar-refractivity contribution in [3.05, 3.63) is 62.8 Å². The number of aliphatic hydroxyl groups excluding tert-OH is 1. The summed E-state index contributed by atoms with van der Waals surface area (Å²) in [5.41, 5.74) is 2.43. The number of carbonyl (C=O) groups is 1. The summed E-state index contributed by atoms with van der Waals surface area (Å²) in [6.45, 7) is 1.86. The molecule has 0 bridgehead atoms. The normalized spacial score (nSPS) is 13.3. The van der Waals surface area contributed by atoms with Crippen LogP contribution in [0.25, 0.3) is 10.9 Å². The van der Waals surface area contributed by atoms with Gasteiger partial charge in [0, 0.05) is 30.2 Å². The number of aromatic amines is 1. The molecule has 1 aliphatic rings. The number of nitrogens with one attached hydrogen (secondary N) is 1. The van der Waals surface area contributed by atoms with Crippen molar-refractivity contribution in [2.45, 2.75) is 39.2 Å². The third-order valence-corrected chi connectivity index (χ3v) is 5.71. The largest absolute Gasteiger partial charge is 0.497 e.